The maximum absolute atomic E-state index is 10.8. The van der Waals surface area contributed by atoms with Crippen LogP contribution in [0.4, 0.5) is 5.69 Å². The Morgan fingerprint density at radius 2 is 1.62 bits per heavy atom. The first kappa shape index (κ1) is 15.7. The molecule has 1 heterocycles. The molecule has 0 aliphatic heterocycles. The molecule has 3 rings (SSSR count). The average molecular weight is 325 g/mol. The zero-order chi connectivity index (χ0) is 17.3. The summed E-state index contributed by atoms with van der Waals surface area (Å²) in [4.78, 5) is 19.4. The number of ether oxygens (including phenoxy) is 2. The number of nitro groups is 1. The molecule has 0 radical (unpaired) electrons. The summed E-state index contributed by atoms with van der Waals surface area (Å²) in [5.74, 6) is 1.69. The topological polar surface area (TPSA) is 87.4 Å². The molecule has 0 saturated heterocycles. The van der Waals surface area contributed by atoms with Gasteiger partial charge in [0.1, 0.15) is 0 Å². The Balaban J connectivity index is 2.14. The van der Waals surface area contributed by atoms with Gasteiger partial charge in [-0.15, -0.1) is 0 Å². The Bertz CT molecular complexity index is 923. The first-order chi connectivity index (χ1) is 11.5. The molecule has 0 N–H and O–H groups in total. The third kappa shape index (κ3) is 2.71. The maximum Gasteiger partial charge on any atom is 0.269 e. The fourth-order valence-electron chi connectivity index (χ4n) is 2.47. The normalized spacial score (nSPS) is 10.6. The van der Waals surface area contributed by atoms with Crippen molar-refractivity contribution >= 4 is 16.6 Å². The molecule has 122 valence electrons. The fraction of sp³-hybridized carbons (Fsp3) is 0.176. The van der Waals surface area contributed by atoms with Gasteiger partial charge in [-0.1, -0.05) is 0 Å². The van der Waals surface area contributed by atoms with E-state index in [0.717, 1.165) is 11.1 Å². The van der Waals surface area contributed by atoms with Crippen LogP contribution in [0.1, 0.15) is 5.69 Å². The SMILES string of the molecule is COc1cc2nc(-c3ccc([N+](=O)[O-])cc3)nc(C)c2cc1OC. The number of benzene rings is 2. The van der Waals surface area contributed by atoms with Crippen molar-refractivity contribution in [2.24, 2.45) is 0 Å². The summed E-state index contributed by atoms with van der Waals surface area (Å²) in [5.41, 5.74) is 2.24. The molecule has 0 spiro atoms. The summed E-state index contributed by atoms with van der Waals surface area (Å²) < 4.78 is 10.6. The van der Waals surface area contributed by atoms with Gasteiger partial charge in [-0.05, 0) is 25.1 Å². The summed E-state index contributed by atoms with van der Waals surface area (Å²) in [5, 5.41) is 11.6. The largest absolute Gasteiger partial charge is 0.493 e. The van der Waals surface area contributed by atoms with Crippen molar-refractivity contribution in [3.8, 4) is 22.9 Å². The summed E-state index contributed by atoms with van der Waals surface area (Å²) in [6.45, 7) is 1.88. The molecule has 0 aliphatic rings. The number of hydrogen-bond donors (Lipinski definition) is 0. The Morgan fingerprint density at radius 1 is 1.00 bits per heavy atom. The summed E-state index contributed by atoms with van der Waals surface area (Å²) in [6.07, 6.45) is 0. The van der Waals surface area contributed by atoms with E-state index in [9.17, 15) is 10.1 Å². The molecule has 0 bridgehead atoms. The maximum atomic E-state index is 10.8. The van der Waals surface area contributed by atoms with Crippen LogP contribution in [-0.2, 0) is 0 Å². The highest BCUT2D eigenvalue weighted by atomic mass is 16.6. The van der Waals surface area contributed by atoms with Crippen molar-refractivity contribution < 1.29 is 14.4 Å². The van der Waals surface area contributed by atoms with E-state index in [2.05, 4.69) is 9.97 Å². The number of fused-ring (bicyclic) bond motifs is 1. The van der Waals surface area contributed by atoms with Crippen LogP contribution in [0.15, 0.2) is 36.4 Å². The molecule has 7 heteroatoms. The number of methoxy groups -OCH3 is 2. The van der Waals surface area contributed by atoms with E-state index in [-0.39, 0.29) is 5.69 Å². The Kier molecular flexibility index (Phi) is 3.99. The molecule has 0 unspecified atom stereocenters. The number of rotatable bonds is 4. The van der Waals surface area contributed by atoms with Gasteiger partial charge in [0.05, 0.1) is 24.7 Å². The lowest BCUT2D eigenvalue weighted by atomic mass is 10.1. The molecule has 3 aromatic rings. The molecule has 7 nitrogen and oxygen atoms in total. The number of nitrogens with zero attached hydrogens (tertiary/aromatic N) is 3. The minimum atomic E-state index is -0.437. The quantitative estimate of drug-likeness (QED) is 0.538. The van der Waals surface area contributed by atoms with Crippen molar-refractivity contribution in [1.82, 2.24) is 9.97 Å². The van der Waals surface area contributed by atoms with Crippen LogP contribution in [0.2, 0.25) is 0 Å². The van der Waals surface area contributed by atoms with E-state index < -0.39 is 4.92 Å². The highest BCUT2D eigenvalue weighted by molar-refractivity contribution is 5.86. The predicted molar refractivity (Wildman–Crippen MR) is 89.5 cm³/mol. The Labute approximate surface area is 138 Å². The lowest BCUT2D eigenvalue weighted by Gasteiger charge is -2.11. The summed E-state index contributed by atoms with van der Waals surface area (Å²) >= 11 is 0. The third-order valence-electron chi connectivity index (χ3n) is 3.73. The van der Waals surface area contributed by atoms with Crippen LogP contribution in [0.5, 0.6) is 11.5 Å². The first-order valence-electron chi connectivity index (χ1n) is 7.18. The van der Waals surface area contributed by atoms with Crippen LogP contribution in [0, 0.1) is 17.0 Å². The van der Waals surface area contributed by atoms with Crippen LogP contribution in [0.3, 0.4) is 0 Å². The van der Waals surface area contributed by atoms with E-state index >= 15 is 0 Å². The zero-order valence-corrected chi connectivity index (χ0v) is 13.4. The second-order valence-corrected chi connectivity index (χ2v) is 5.16. The van der Waals surface area contributed by atoms with Crippen molar-refractivity contribution in [3.63, 3.8) is 0 Å². The van der Waals surface area contributed by atoms with E-state index in [1.165, 1.54) is 12.1 Å². The number of aromatic nitrogens is 2. The fourth-order valence-corrected chi connectivity index (χ4v) is 2.47. The molecule has 24 heavy (non-hydrogen) atoms. The third-order valence-corrected chi connectivity index (χ3v) is 3.73. The highest BCUT2D eigenvalue weighted by Crippen LogP contribution is 2.33. The van der Waals surface area contributed by atoms with Crippen molar-refractivity contribution in [1.29, 1.82) is 0 Å². The van der Waals surface area contributed by atoms with Gasteiger partial charge in [-0.25, -0.2) is 9.97 Å². The summed E-state index contributed by atoms with van der Waals surface area (Å²) in [7, 11) is 3.14. The van der Waals surface area contributed by atoms with Crippen molar-refractivity contribution in [2.75, 3.05) is 14.2 Å². The molecule has 1 aromatic heterocycles. The number of aryl methyl sites for hydroxylation is 1. The molecular weight excluding hydrogens is 310 g/mol. The first-order valence-corrected chi connectivity index (χ1v) is 7.18. The van der Waals surface area contributed by atoms with Crippen LogP contribution >= 0.6 is 0 Å². The molecular formula is C17H15N3O4. The van der Waals surface area contributed by atoms with E-state index in [1.807, 2.05) is 13.0 Å². The molecule has 0 fully saturated rings. The van der Waals surface area contributed by atoms with Gasteiger partial charge in [-0.3, -0.25) is 10.1 Å². The molecule has 0 amide bonds. The van der Waals surface area contributed by atoms with Gasteiger partial charge in [-0.2, -0.15) is 0 Å². The van der Waals surface area contributed by atoms with E-state index in [4.69, 9.17) is 9.47 Å². The molecule has 0 atom stereocenters. The van der Waals surface area contributed by atoms with Gasteiger partial charge in [0, 0.05) is 34.8 Å². The number of hydrogen-bond acceptors (Lipinski definition) is 6. The van der Waals surface area contributed by atoms with Gasteiger partial charge in [0.2, 0.25) is 0 Å². The lowest BCUT2D eigenvalue weighted by Crippen LogP contribution is -1.97. The van der Waals surface area contributed by atoms with E-state index in [1.54, 1.807) is 32.4 Å². The lowest BCUT2D eigenvalue weighted by molar-refractivity contribution is -0.384. The molecule has 0 saturated carbocycles. The van der Waals surface area contributed by atoms with Crippen LogP contribution in [-0.4, -0.2) is 29.1 Å². The highest BCUT2D eigenvalue weighted by Gasteiger charge is 2.13. The minimum Gasteiger partial charge on any atom is -0.493 e. The smallest absolute Gasteiger partial charge is 0.269 e. The van der Waals surface area contributed by atoms with Crippen molar-refractivity contribution in [2.45, 2.75) is 6.92 Å². The van der Waals surface area contributed by atoms with Gasteiger partial charge >= 0.3 is 0 Å². The van der Waals surface area contributed by atoms with Gasteiger partial charge in [0.25, 0.3) is 5.69 Å². The molecule has 0 aliphatic carbocycles. The monoisotopic (exact) mass is 325 g/mol. The summed E-state index contributed by atoms with van der Waals surface area (Å²) in [6, 6.07) is 9.78. The van der Waals surface area contributed by atoms with E-state index in [0.29, 0.717) is 28.4 Å². The Hall–Kier alpha value is -3.22. The molecule has 2 aromatic carbocycles. The van der Waals surface area contributed by atoms with Crippen LogP contribution in [0.25, 0.3) is 22.3 Å². The zero-order valence-electron chi connectivity index (χ0n) is 13.4. The van der Waals surface area contributed by atoms with Crippen LogP contribution < -0.4 is 9.47 Å². The standard InChI is InChI=1S/C17H15N3O4/c1-10-13-8-15(23-2)16(24-3)9-14(13)19-17(18-10)11-4-6-12(7-5-11)20(21)22/h4-9H,1-3H3. The number of non-ortho nitro benzene ring substituents is 1. The van der Waals surface area contributed by atoms with Crippen molar-refractivity contribution in [3.05, 3.63) is 52.2 Å². The second kappa shape index (κ2) is 6.11. The predicted octanol–water partition coefficient (Wildman–Crippen LogP) is 3.53. The minimum absolute atomic E-state index is 0.0302. The average Bonchev–Trinajstić information content (AvgIpc) is 2.60. The number of nitro benzene ring substituents is 1. The second-order valence-electron chi connectivity index (χ2n) is 5.16. The van der Waals surface area contributed by atoms with Gasteiger partial charge < -0.3 is 9.47 Å². The van der Waals surface area contributed by atoms with Gasteiger partial charge in [0.15, 0.2) is 17.3 Å². The Morgan fingerprint density at radius 3 is 2.21 bits per heavy atom.